The van der Waals surface area contributed by atoms with Gasteiger partial charge in [0.1, 0.15) is 0 Å². The minimum Gasteiger partial charge on any atom is -0.355 e. The molecule has 35 heavy (non-hydrogen) atoms. The van der Waals surface area contributed by atoms with Crippen molar-refractivity contribution in [3.05, 3.63) is 120 Å². The SMILES string of the molecule is C#Cc1ccc2nccc(Nc3cccc(C(=O)Nc4cccc(Nc5ccccc5)c4)c3)c2c1. The highest BCUT2D eigenvalue weighted by Crippen LogP contribution is 2.27. The quantitative estimate of drug-likeness (QED) is 0.243. The summed E-state index contributed by atoms with van der Waals surface area (Å²) < 4.78 is 0. The van der Waals surface area contributed by atoms with Gasteiger partial charge in [0.25, 0.3) is 5.91 Å². The van der Waals surface area contributed by atoms with E-state index in [-0.39, 0.29) is 5.91 Å². The first-order valence-electron chi connectivity index (χ1n) is 11.1. The Balaban J connectivity index is 1.33. The second kappa shape index (κ2) is 9.82. The molecule has 1 amide bonds. The van der Waals surface area contributed by atoms with Crippen molar-refractivity contribution in [3.8, 4) is 12.3 Å². The number of rotatable bonds is 6. The Morgan fingerprint density at radius 1 is 0.714 bits per heavy atom. The van der Waals surface area contributed by atoms with Gasteiger partial charge in [-0.3, -0.25) is 9.78 Å². The van der Waals surface area contributed by atoms with Crippen LogP contribution in [-0.4, -0.2) is 10.9 Å². The standard InChI is InChI=1S/C30H22N4O/c1-2-21-14-15-28-27(18-21)29(16-17-31-28)33-24-11-6-8-22(19-24)30(35)34-26-13-7-12-25(20-26)32-23-9-4-3-5-10-23/h1,3-20,32H,(H,31,33)(H,34,35). The van der Waals surface area contributed by atoms with Crippen molar-refractivity contribution >= 4 is 45.2 Å². The Bertz CT molecular complexity index is 1550. The fourth-order valence-electron chi connectivity index (χ4n) is 3.80. The summed E-state index contributed by atoms with van der Waals surface area (Å²) in [4.78, 5) is 17.4. The number of amides is 1. The van der Waals surface area contributed by atoms with Crippen LogP contribution in [0.3, 0.4) is 0 Å². The fourth-order valence-corrected chi connectivity index (χ4v) is 3.80. The van der Waals surface area contributed by atoms with E-state index in [1.807, 2.05) is 97.1 Å². The molecular weight excluding hydrogens is 432 g/mol. The van der Waals surface area contributed by atoms with E-state index >= 15 is 0 Å². The molecule has 0 atom stereocenters. The number of anilines is 5. The Morgan fingerprint density at radius 2 is 1.46 bits per heavy atom. The molecule has 5 nitrogen and oxygen atoms in total. The zero-order chi connectivity index (χ0) is 24.0. The summed E-state index contributed by atoms with van der Waals surface area (Å²) in [6, 6.07) is 32.5. The van der Waals surface area contributed by atoms with Crippen LogP contribution >= 0.6 is 0 Å². The van der Waals surface area contributed by atoms with Crippen LogP contribution in [0.5, 0.6) is 0 Å². The van der Waals surface area contributed by atoms with Crippen molar-refractivity contribution in [1.82, 2.24) is 4.98 Å². The first kappa shape index (κ1) is 21.7. The highest BCUT2D eigenvalue weighted by atomic mass is 16.1. The fraction of sp³-hybridized carbons (Fsp3) is 0. The molecular formula is C30H22N4O. The van der Waals surface area contributed by atoms with Crippen molar-refractivity contribution < 1.29 is 4.79 Å². The van der Waals surface area contributed by atoms with Crippen LogP contribution in [0.25, 0.3) is 10.9 Å². The normalized spacial score (nSPS) is 10.4. The maximum Gasteiger partial charge on any atom is 0.255 e. The lowest BCUT2D eigenvalue weighted by molar-refractivity contribution is 0.102. The van der Waals surface area contributed by atoms with Crippen molar-refractivity contribution in [2.75, 3.05) is 16.0 Å². The summed E-state index contributed by atoms with van der Waals surface area (Å²) in [5.74, 6) is 2.47. The zero-order valence-electron chi connectivity index (χ0n) is 18.8. The molecule has 5 rings (SSSR count). The van der Waals surface area contributed by atoms with Gasteiger partial charge in [0.15, 0.2) is 0 Å². The van der Waals surface area contributed by atoms with E-state index in [2.05, 4.69) is 26.9 Å². The van der Waals surface area contributed by atoms with Crippen molar-refractivity contribution in [2.45, 2.75) is 0 Å². The van der Waals surface area contributed by atoms with Gasteiger partial charge in [-0.2, -0.15) is 0 Å². The smallest absolute Gasteiger partial charge is 0.255 e. The molecule has 3 N–H and O–H groups in total. The van der Waals surface area contributed by atoms with E-state index in [4.69, 9.17) is 6.42 Å². The number of para-hydroxylation sites is 1. The summed E-state index contributed by atoms with van der Waals surface area (Å²) in [5, 5.41) is 10.6. The number of carbonyl (C=O) groups is 1. The molecule has 0 fully saturated rings. The van der Waals surface area contributed by atoms with Crippen molar-refractivity contribution in [3.63, 3.8) is 0 Å². The van der Waals surface area contributed by atoms with Crippen LogP contribution < -0.4 is 16.0 Å². The Hall–Kier alpha value is -5.08. The molecule has 0 unspecified atom stereocenters. The van der Waals surface area contributed by atoms with Gasteiger partial charge in [-0.15, -0.1) is 6.42 Å². The average Bonchev–Trinajstić information content (AvgIpc) is 2.89. The predicted octanol–water partition coefficient (Wildman–Crippen LogP) is 6.96. The third-order valence-electron chi connectivity index (χ3n) is 5.49. The van der Waals surface area contributed by atoms with E-state index < -0.39 is 0 Å². The number of pyridine rings is 1. The van der Waals surface area contributed by atoms with Gasteiger partial charge in [-0.25, -0.2) is 0 Å². The van der Waals surface area contributed by atoms with E-state index in [0.717, 1.165) is 39.2 Å². The maximum absolute atomic E-state index is 13.0. The molecule has 1 heterocycles. The van der Waals surface area contributed by atoms with Crippen LogP contribution in [0.4, 0.5) is 28.4 Å². The molecule has 0 saturated heterocycles. The van der Waals surface area contributed by atoms with E-state index in [1.54, 1.807) is 12.3 Å². The molecule has 0 spiro atoms. The van der Waals surface area contributed by atoms with Crippen LogP contribution in [0.2, 0.25) is 0 Å². The largest absolute Gasteiger partial charge is 0.355 e. The minimum atomic E-state index is -0.195. The maximum atomic E-state index is 13.0. The number of aromatic nitrogens is 1. The number of hydrogen-bond acceptors (Lipinski definition) is 4. The van der Waals surface area contributed by atoms with E-state index in [0.29, 0.717) is 11.3 Å². The van der Waals surface area contributed by atoms with E-state index in [9.17, 15) is 4.79 Å². The summed E-state index contributed by atoms with van der Waals surface area (Å²) >= 11 is 0. The Kier molecular flexibility index (Phi) is 6.10. The molecule has 0 aliphatic heterocycles. The second-order valence-corrected chi connectivity index (χ2v) is 7.97. The number of carbonyl (C=O) groups excluding carboxylic acids is 1. The van der Waals surface area contributed by atoms with Crippen LogP contribution in [-0.2, 0) is 0 Å². The third-order valence-corrected chi connectivity index (χ3v) is 5.49. The number of nitrogens with zero attached hydrogens (tertiary/aromatic N) is 1. The summed E-state index contributed by atoms with van der Waals surface area (Å²) in [5.41, 5.74) is 6.39. The first-order valence-corrected chi connectivity index (χ1v) is 11.1. The molecule has 5 heteroatoms. The van der Waals surface area contributed by atoms with Gasteiger partial charge in [-0.1, -0.05) is 36.3 Å². The average molecular weight is 455 g/mol. The zero-order valence-corrected chi connectivity index (χ0v) is 18.8. The summed E-state index contributed by atoms with van der Waals surface area (Å²) in [7, 11) is 0. The van der Waals surface area contributed by atoms with Gasteiger partial charge < -0.3 is 16.0 Å². The lowest BCUT2D eigenvalue weighted by atomic mass is 10.1. The van der Waals surface area contributed by atoms with Gasteiger partial charge in [0, 0.05) is 51.1 Å². The Labute approximate surface area is 203 Å². The highest BCUT2D eigenvalue weighted by Gasteiger charge is 2.09. The highest BCUT2D eigenvalue weighted by molar-refractivity contribution is 6.05. The Morgan fingerprint density at radius 3 is 2.29 bits per heavy atom. The number of terminal acetylenes is 1. The lowest BCUT2D eigenvalue weighted by Gasteiger charge is -2.12. The molecule has 0 radical (unpaired) electrons. The van der Waals surface area contributed by atoms with Gasteiger partial charge in [-0.05, 0) is 72.8 Å². The van der Waals surface area contributed by atoms with Crippen LogP contribution in [0.1, 0.15) is 15.9 Å². The molecule has 168 valence electrons. The van der Waals surface area contributed by atoms with Gasteiger partial charge in [0.05, 0.1) is 5.52 Å². The number of fused-ring (bicyclic) bond motifs is 1. The molecule has 1 aromatic heterocycles. The molecule has 0 aliphatic rings. The lowest BCUT2D eigenvalue weighted by Crippen LogP contribution is -2.12. The molecule has 4 aromatic carbocycles. The number of nitrogens with one attached hydrogen (secondary N) is 3. The second-order valence-electron chi connectivity index (χ2n) is 7.97. The summed E-state index contributed by atoms with van der Waals surface area (Å²) in [6.07, 6.45) is 7.31. The monoisotopic (exact) mass is 454 g/mol. The molecule has 5 aromatic rings. The van der Waals surface area contributed by atoms with E-state index in [1.165, 1.54) is 0 Å². The van der Waals surface area contributed by atoms with Crippen molar-refractivity contribution in [1.29, 1.82) is 0 Å². The summed E-state index contributed by atoms with van der Waals surface area (Å²) in [6.45, 7) is 0. The molecule has 0 aliphatic carbocycles. The third kappa shape index (κ3) is 5.13. The van der Waals surface area contributed by atoms with Crippen molar-refractivity contribution in [2.24, 2.45) is 0 Å². The molecule has 0 bridgehead atoms. The van der Waals surface area contributed by atoms with Gasteiger partial charge >= 0.3 is 0 Å². The van der Waals surface area contributed by atoms with Gasteiger partial charge in [0.2, 0.25) is 0 Å². The number of benzene rings is 4. The molecule has 0 saturated carbocycles. The van der Waals surface area contributed by atoms with Crippen LogP contribution in [0.15, 0.2) is 109 Å². The minimum absolute atomic E-state index is 0.195. The van der Waals surface area contributed by atoms with Crippen LogP contribution in [0, 0.1) is 12.3 Å². The predicted molar refractivity (Wildman–Crippen MR) is 144 cm³/mol. The topological polar surface area (TPSA) is 66.0 Å². The number of hydrogen-bond donors (Lipinski definition) is 3. The first-order chi connectivity index (χ1) is 17.2.